The van der Waals surface area contributed by atoms with E-state index < -0.39 is 0 Å². The molecule has 2 rings (SSSR count). The third-order valence-corrected chi connectivity index (χ3v) is 3.20. The fourth-order valence-electron chi connectivity index (χ4n) is 2.17. The van der Waals surface area contributed by atoms with E-state index in [2.05, 4.69) is 28.7 Å². The van der Waals surface area contributed by atoms with Crippen molar-refractivity contribution in [2.45, 2.75) is 19.8 Å². The molecular formula is C16H15N3O2. The van der Waals surface area contributed by atoms with E-state index in [0.717, 1.165) is 25.1 Å². The summed E-state index contributed by atoms with van der Waals surface area (Å²) in [7, 11) is 1.57. The SMILES string of the molecule is C#CC#CN1CCCC1=C=Cc1c(C(C)=O)[nH]n(C)c1=O. The van der Waals surface area contributed by atoms with Gasteiger partial charge in [-0.05, 0) is 24.8 Å². The molecule has 1 aliphatic heterocycles. The van der Waals surface area contributed by atoms with Gasteiger partial charge in [0.1, 0.15) is 5.69 Å². The Balaban J connectivity index is 2.46. The third-order valence-electron chi connectivity index (χ3n) is 3.20. The van der Waals surface area contributed by atoms with Crippen LogP contribution in [0.5, 0.6) is 0 Å². The summed E-state index contributed by atoms with van der Waals surface area (Å²) in [6, 6.07) is 2.84. The summed E-state index contributed by atoms with van der Waals surface area (Å²) < 4.78 is 1.28. The van der Waals surface area contributed by atoms with Gasteiger partial charge in [0, 0.05) is 32.5 Å². The average molecular weight is 281 g/mol. The highest BCUT2D eigenvalue weighted by molar-refractivity contribution is 5.95. The third kappa shape index (κ3) is 3.00. The van der Waals surface area contributed by atoms with Crippen molar-refractivity contribution in [1.29, 1.82) is 0 Å². The summed E-state index contributed by atoms with van der Waals surface area (Å²) in [6.07, 6.45) is 8.44. The second kappa shape index (κ2) is 6.05. The molecule has 0 radical (unpaired) electrons. The molecular weight excluding hydrogens is 266 g/mol. The van der Waals surface area contributed by atoms with E-state index >= 15 is 0 Å². The highest BCUT2D eigenvalue weighted by Crippen LogP contribution is 2.19. The number of terminal acetylenes is 1. The lowest BCUT2D eigenvalue weighted by Gasteiger charge is -2.07. The summed E-state index contributed by atoms with van der Waals surface area (Å²) in [5.41, 5.74) is 4.28. The molecule has 0 atom stereocenters. The molecule has 1 fully saturated rings. The smallest absolute Gasteiger partial charge is 0.274 e. The molecule has 0 bridgehead atoms. The fraction of sp³-hybridized carbons (Fsp3) is 0.312. The average Bonchev–Trinajstić information content (AvgIpc) is 3.00. The lowest BCUT2D eigenvalue weighted by Crippen LogP contribution is -2.13. The first-order valence-corrected chi connectivity index (χ1v) is 6.54. The zero-order valence-corrected chi connectivity index (χ0v) is 12.0. The number of aromatic nitrogens is 2. The maximum absolute atomic E-state index is 12.0. The predicted molar refractivity (Wildman–Crippen MR) is 80.1 cm³/mol. The zero-order chi connectivity index (χ0) is 15.4. The number of carbonyl (C=O) groups excluding carboxylic acids is 1. The summed E-state index contributed by atoms with van der Waals surface area (Å²) in [5, 5.41) is 2.74. The van der Waals surface area contributed by atoms with Gasteiger partial charge < -0.3 is 0 Å². The van der Waals surface area contributed by atoms with Crippen molar-refractivity contribution in [1.82, 2.24) is 14.7 Å². The Bertz CT molecular complexity index is 799. The van der Waals surface area contributed by atoms with Crippen molar-refractivity contribution in [3.8, 4) is 24.3 Å². The van der Waals surface area contributed by atoms with Crippen molar-refractivity contribution in [2.24, 2.45) is 7.05 Å². The van der Waals surface area contributed by atoms with Gasteiger partial charge in [-0.25, -0.2) is 0 Å². The number of aromatic amines is 1. The number of nitrogens with zero attached hydrogens (tertiary/aromatic N) is 2. The van der Waals surface area contributed by atoms with Gasteiger partial charge in [-0.3, -0.25) is 24.3 Å². The molecule has 1 N–H and O–H groups in total. The molecule has 106 valence electrons. The largest absolute Gasteiger partial charge is 0.297 e. The maximum atomic E-state index is 12.0. The topological polar surface area (TPSA) is 58.1 Å². The quantitative estimate of drug-likeness (QED) is 0.502. The number of aryl methyl sites for hydroxylation is 1. The van der Waals surface area contributed by atoms with E-state index in [4.69, 9.17) is 6.42 Å². The van der Waals surface area contributed by atoms with Gasteiger partial charge in [-0.15, -0.1) is 6.42 Å². The highest BCUT2D eigenvalue weighted by atomic mass is 16.1. The molecule has 1 aromatic rings. The van der Waals surface area contributed by atoms with E-state index in [9.17, 15) is 9.59 Å². The van der Waals surface area contributed by atoms with Crippen molar-refractivity contribution >= 4 is 11.9 Å². The first-order chi connectivity index (χ1) is 10.0. The van der Waals surface area contributed by atoms with Gasteiger partial charge >= 0.3 is 0 Å². The molecule has 2 heterocycles. The number of hydrogen-bond donors (Lipinski definition) is 1. The van der Waals surface area contributed by atoms with Crippen LogP contribution in [0.3, 0.4) is 0 Å². The number of likely N-dealkylation sites (tertiary alicyclic amines) is 1. The number of allylic oxidation sites excluding steroid dienone is 1. The number of Topliss-reactive ketones (excluding diaryl/α,β-unsaturated/α-hetero) is 1. The Hall–Kier alpha value is -2.88. The number of H-pyrrole nitrogens is 1. The molecule has 0 unspecified atom stereocenters. The van der Waals surface area contributed by atoms with Gasteiger partial charge in [0.05, 0.1) is 11.3 Å². The van der Waals surface area contributed by atoms with E-state index in [1.807, 2.05) is 4.90 Å². The van der Waals surface area contributed by atoms with Crippen molar-refractivity contribution in [2.75, 3.05) is 6.54 Å². The fourth-order valence-corrected chi connectivity index (χ4v) is 2.17. The molecule has 0 aliphatic carbocycles. The van der Waals surface area contributed by atoms with Crippen LogP contribution in [0.4, 0.5) is 0 Å². The molecule has 1 aliphatic rings. The molecule has 21 heavy (non-hydrogen) atoms. The Morgan fingerprint density at radius 3 is 2.90 bits per heavy atom. The summed E-state index contributed by atoms with van der Waals surface area (Å²) in [5.74, 6) is 4.64. The van der Waals surface area contributed by atoms with Crippen LogP contribution in [0.2, 0.25) is 0 Å². The Morgan fingerprint density at radius 2 is 2.24 bits per heavy atom. The lowest BCUT2D eigenvalue weighted by atomic mass is 10.2. The van der Waals surface area contributed by atoms with Crippen molar-refractivity contribution < 1.29 is 4.79 Å². The molecule has 1 saturated heterocycles. The standard InChI is InChI=1S/C16H15N3O2/c1-4-5-10-19-11-6-7-13(19)8-9-14-15(12(2)20)17-18(3)16(14)21/h1,9,17H,6-7,11H2,2-3H3. The van der Waals surface area contributed by atoms with Crippen LogP contribution in [-0.2, 0) is 7.05 Å². The maximum Gasteiger partial charge on any atom is 0.274 e. The van der Waals surface area contributed by atoms with Crippen LogP contribution in [-0.4, -0.2) is 27.0 Å². The minimum Gasteiger partial charge on any atom is -0.297 e. The second-order valence-corrected chi connectivity index (χ2v) is 4.69. The molecule has 0 saturated carbocycles. The first kappa shape index (κ1) is 14.5. The van der Waals surface area contributed by atoms with Crippen LogP contribution < -0.4 is 5.56 Å². The van der Waals surface area contributed by atoms with Crippen LogP contribution in [0.25, 0.3) is 6.08 Å². The minimum atomic E-state index is -0.257. The number of carbonyl (C=O) groups is 1. The Labute approximate surface area is 122 Å². The van der Waals surface area contributed by atoms with E-state index in [1.54, 1.807) is 13.1 Å². The van der Waals surface area contributed by atoms with Gasteiger partial charge in [0.25, 0.3) is 5.56 Å². The number of ketones is 1. The minimum absolute atomic E-state index is 0.193. The van der Waals surface area contributed by atoms with Gasteiger partial charge in [-0.1, -0.05) is 5.73 Å². The number of hydrogen-bond acceptors (Lipinski definition) is 3. The molecule has 5 nitrogen and oxygen atoms in total. The molecule has 0 amide bonds. The van der Waals surface area contributed by atoms with E-state index in [0.29, 0.717) is 5.56 Å². The van der Waals surface area contributed by atoms with E-state index in [1.165, 1.54) is 11.6 Å². The molecule has 0 spiro atoms. The zero-order valence-electron chi connectivity index (χ0n) is 12.0. The molecule has 5 heteroatoms. The van der Waals surface area contributed by atoms with Crippen molar-refractivity contribution in [3.05, 3.63) is 33.0 Å². The molecule has 1 aromatic heterocycles. The number of rotatable bonds is 2. The van der Waals surface area contributed by atoms with Gasteiger partial charge in [0.15, 0.2) is 5.78 Å². The molecule has 0 aromatic carbocycles. The normalized spacial score (nSPS) is 13.2. The van der Waals surface area contributed by atoms with Crippen molar-refractivity contribution in [3.63, 3.8) is 0 Å². The second-order valence-electron chi connectivity index (χ2n) is 4.69. The Kier molecular flexibility index (Phi) is 4.18. The monoisotopic (exact) mass is 281 g/mol. The summed E-state index contributed by atoms with van der Waals surface area (Å²) in [4.78, 5) is 25.3. The highest BCUT2D eigenvalue weighted by Gasteiger charge is 2.16. The Morgan fingerprint density at radius 1 is 1.48 bits per heavy atom. The van der Waals surface area contributed by atoms with Crippen LogP contribution in [0.15, 0.2) is 16.2 Å². The van der Waals surface area contributed by atoms with Gasteiger partial charge in [0.2, 0.25) is 0 Å². The van der Waals surface area contributed by atoms with E-state index in [-0.39, 0.29) is 17.0 Å². The summed E-state index contributed by atoms with van der Waals surface area (Å²) >= 11 is 0. The van der Waals surface area contributed by atoms with Gasteiger partial charge in [-0.2, -0.15) is 0 Å². The summed E-state index contributed by atoms with van der Waals surface area (Å²) in [6.45, 7) is 2.20. The number of nitrogens with one attached hydrogen (secondary N) is 1. The van der Waals surface area contributed by atoms with Crippen LogP contribution >= 0.6 is 0 Å². The first-order valence-electron chi connectivity index (χ1n) is 6.54. The predicted octanol–water partition coefficient (Wildman–Crippen LogP) is 1.10. The van der Waals surface area contributed by atoms with Crippen LogP contribution in [0, 0.1) is 24.3 Å². The lowest BCUT2D eigenvalue weighted by molar-refractivity contribution is 0.101. The van der Waals surface area contributed by atoms with Crippen LogP contribution in [0.1, 0.15) is 35.8 Å².